The quantitative estimate of drug-likeness (QED) is 0.527. The number of nitrogen functional groups attached to an aromatic ring is 1. The van der Waals surface area contributed by atoms with Crippen LogP contribution in [0.5, 0.6) is 0 Å². The predicted octanol–water partition coefficient (Wildman–Crippen LogP) is 2.61. The Balaban J connectivity index is 2.23. The van der Waals surface area contributed by atoms with Gasteiger partial charge in [0.1, 0.15) is 0 Å². The summed E-state index contributed by atoms with van der Waals surface area (Å²) in [4.78, 5) is 12.4. The third-order valence-corrected chi connectivity index (χ3v) is 4.30. The second kappa shape index (κ2) is 6.46. The van der Waals surface area contributed by atoms with Gasteiger partial charge in [-0.05, 0) is 49.6 Å². The first-order chi connectivity index (χ1) is 9.57. The average Bonchev–Trinajstić information content (AvgIpc) is 2.44. The number of rotatable bonds is 4. The number of hydrogen-bond donors (Lipinski definition) is 1. The zero-order valence-corrected chi connectivity index (χ0v) is 12.5. The molecule has 0 amide bonds. The lowest BCUT2D eigenvalue weighted by atomic mass is 9.74. The maximum atomic E-state index is 12.4. The molecule has 4 nitrogen and oxygen atoms in total. The number of halogens is 1. The Morgan fingerprint density at radius 3 is 2.65 bits per heavy atom. The minimum atomic E-state index is -0.503. The molecule has 1 fully saturated rings. The first kappa shape index (κ1) is 15.1. The van der Waals surface area contributed by atoms with Crippen LogP contribution in [-0.2, 0) is 16.0 Å². The molecule has 0 radical (unpaired) electrons. The molecular weight excluding hydrogens is 276 g/mol. The molecule has 1 aliphatic heterocycles. The van der Waals surface area contributed by atoms with E-state index in [1.807, 2.05) is 31.2 Å². The summed E-state index contributed by atoms with van der Waals surface area (Å²) in [5.41, 5.74) is 7.24. The molecular formula is C15H21ClN2O2. The van der Waals surface area contributed by atoms with E-state index in [1.165, 1.54) is 0 Å². The summed E-state index contributed by atoms with van der Waals surface area (Å²) in [6, 6.07) is 7.69. The van der Waals surface area contributed by atoms with Crippen molar-refractivity contribution in [3.63, 3.8) is 0 Å². The van der Waals surface area contributed by atoms with Crippen LogP contribution in [0.1, 0.15) is 25.3 Å². The molecule has 2 N–H and O–H groups in total. The van der Waals surface area contributed by atoms with Gasteiger partial charge in [-0.15, -0.1) is 0 Å². The predicted molar refractivity (Wildman–Crippen MR) is 80.3 cm³/mol. The van der Waals surface area contributed by atoms with E-state index in [0.717, 1.165) is 11.3 Å². The number of nitrogens with two attached hydrogens (primary N) is 1. The van der Waals surface area contributed by atoms with Crippen molar-refractivity contribution in [1.29, 1.82) is 0 Å². The van der Waals surface area contributed by atoms with Gasteiger partial charge in [-0.1, -0.05) is 18.2 Å². The summed E-state index contributed by atoms with van der Waals surface area (Å²) in [5, 5.41) is 0. The SMILES string of the molecule is CCOC(=O)C1(Cc2ccccc2N)CCN(Cl)CC1. The molecule has 1 aromatic carbocycles. The van der Waals surface area contributed by atoms with E-state index in [4.69, 9.17) is 22.2 Å². The Morgan fingerprint density at radius 2 is 2.05 bits per heavy atom. The number of anilines is 1. The van der Waals surface area contributed by atoms with Crippen LogP contribution < -0.4 is 5.73 Å². The van der Waals surface area contributed by atoms with Gasteiger partial charge in [0.05, 0.1) is 12.0 Å². The minimum Gasteiger partial charge on any atom is -0.466 e. The molecule has 0 aliphatic carbocycles. The number of para-hydroxylation sites is 1. The van der Waals surface area contributed by atoms with Gasteiger partial charge >= 0.3 is 5.97 Å². The zero-order valence-electron chi connectivity index (χ0n) is 11.8. The topological polar surface area (TPSA) is 55.6 Å². The molecule has 1 saturated heterocycles. The van der Waals surface area contributed by atoms with Crippen molar-refractivity contribution in [1.82, 2.24) is 4.42 Å². The molecule has 2 rings (SSSR count). The number of piperidine rings is 1. The highest BCUT2D eigenvalue weighted by atomic mass is 35.5. The first-order valence-electron chi connectivity index (χ1n) is 6.99. The minimum absolute atomic E-state index is 0.131. The number of benzene rings is 1. The number of esters is 1. The normalized spacial score (nSPS) is 18.7. The van der Waals surface area contributed by atoms with Gasteiger partial charge in [-0.3, -0.25) is 4.79 Å². The Morgan fingerprint density at radius 1 is 1.40 bits per heavy atom. The van der Waals surface area contributed by atoms with Gasteiger partial charge in [-0.2, -0.15) is 0 Å². The second-order valence-corrected chi connectivity index (χ2v) is 5.76. The Kier molecular flexibility index (Phi) is 4.89. The van der Waals surface area contributed by atoms with Crippen LogP contribution in [0.25, 0.3) is 0 Å². The zero-order chi connectivity index (χ0) is 14.6. The maximum Gasteiger partial charge on any atom is 0.312 e. The summed E-state index contributed by atoms with van der Waals surface area (Å²) < 4.78 is 7.02. The number of ether oxygens (including phenoxy) is 1. The number of carbonyl (C=O) groups excluding carboxylic acids is 1. The fourth-order valence-electron chi connectivity index (χ4n) is 2.70. The summed E-state index contributed by atoms with van der Waals surface area (Å²) >= 11 is 6.02. The number of nitrogens with zero attached hydrogens (tertiary/aromatic N) is 1. The summed E-state index contributed by atoms with van der Waals surface area (Å²) in [6.07, 6.45) is 2.01. The molecule has 0 saturated carbocycles. The van der Waals surface area contributed by atoms with Crippen molar-refractivity contribution in [3.8, 4) is 0 Å². The van der Waals surface area contributed by atoms with Crippen LogP contribution in [0.4, 0.5) is 5.69 Å². The van der Waals surface area contributed by atoms with Gasteiger partial charge in [-0.25, -0.2) is 4.42 Å². The molecule has 0 atom stereocenters. The van der Waals surface area contributed by atoms with Crippen LogP contribution in [-0.4, -0.2) is 30.1 Å². The number of carbonyl (C=O) groups is 1. The van der Waals surface area contributed by atoms with Crippen LogP contribution in [0.2, 0.25) is 0 Å². The van der Waals surface area contributed by atoms with Crippen LogP contribution >= 0.6 is 11.8 Å². The average molecular weight is 297 g/mol. The fraction of sp³-hybridized carbons (Fsp3) is 0.533. The summed E-state index contributed by atoms with van der Waals surface area (Å²) in [7, 11) is 0. The molecule has 1 heterocycles. The molecule has 0 unspecified atom stereocenters. The highest BCUT2D eigenvalue weighted by molar-refractivity contribution is 6.13. The van der Waals surface area contributed by atoms with E-state index in [2.05, 4.69) is 0 Å². The monoisotopic (exact) mass is 296 g/mol. The van der Waals surface area contributed by atoms with Gasteiger partial charge < -0.3 is 10.5 Å². The van der Waals surface area contributed by atoms with Gasteiger partial charge in [0.2, 0.25) is 0 Å². The van der Waals surface area contributed by atoms with E-state index in [1.54, 1.807) is 4.42 Å². The van der Waals surface area contributed by atoms with E-state index < -0.39 is 5.41 Å². The second-order valence-electron chi connectivity index (χ2n) is 5.29. The van der Waals surface area contributed by atoms with E-state index >= 15 is 0 Å². The van der Waals surface area contributed by atoms with Crippen molar-refractivity contribution >= 4 is 23.4 Å². The lowest BCUT2D eigenvalue weighted by Gasteiger charge is -2.37. The van der Waals surface area contributed by atoms with Crippen LogP contribution in [0.15, 0.2) is 24.3 Å². The Bertz CT molecular complexity index is 471. The van der Waals surface area contributed by atoms with Gasteiger partial charge in [0.25, 0.3) is 0 Å². The molecule has 1 aromatic rings. The molecule has 0 bridgehead atoms. The van der Waals surface area contributed by atoms with Crippen molar-refractivity contribution in [2.24, 2.45) is 5.41 Å². The number of hydrogen-bond acceptors (Lipinski definition) is 4. The van der Waals surface area contributed by atoms with Crippen molar-refractivity contribution in [2.75, 3.05) is 25.4 Å². The molecule has 1 aliphatic rings. The van der Waals surface area contributed by atoms with Crippen LogP contribution in [0.3, 0.4) is 0 Å². The molecule has 0 aromatic heterocycles. The van der Waals surface area contributed by atoms with Crippen molar-refractivity contribution in [2.45, 2.75) is 26.2 Å². The van der Waals surface area contributed by atoms with Gasteiger partial charge in [0, 0.05) is 18.8 Å². The van der Waals surface area contributed by atoms with E-state index in [9.17, 15) is 4.79 Å². The largest absolute Gasteiger partial charge is 0.466 e. The van der Waals surface area contributed by atoms with E-state index in [-0.39, 0.29) is 5.97 Å². The Hall–Kier alpha value is -1.26. The molecule has 5 heteroatoms. The third kappa shape index (κ3) is 3.25. The summed E-state index contributed by atoms with van der Waals surface area (Å²) in [5.74, 6) is -0.131. The third-order valence-electron chi connectivity index (χ3n) is 3.96. The highest BCUT2D eigenvalue weighted by Gasteiger charge is 2.42. The van der Waals surface area contributed by atoms with Gasteiger partial charge in [0.15, 0.2) is 0 Å². The lowest BCUT2D eigenvalue weighted by Crippen LogP contribution is -2.44. The molecule has 110 valence electrons. The molecule has 0 spiro atoms. The van der Waals surface area contributed by atoms with Crippen LogP contribution in [0, 0.1) is 5.41 Å². The van der Waals surface area contributed by atoms with Crippen molar-refractivity contribution < 1.29 is 9.53 Å². The standard InChI is InChI=1S/C15H21ClN2O2/c1-2-20-14(19)15(7-9-18(16)10-8-15)11-12-5-3-4-6-13(12)17/h3-6H,2,7-11,17H2,1H3. The molecule has 20 heavy (non-hydrogen) atoms. The lowest BCUT2D eigenvalue weighted by molar-refractivity contribution is -0.158. The first-order valence-corrected chi connectivity index (χ1v) is 7.32. The smallest absolute Gasteiger partial charge is 0.312 e. The highest BCUT2D eigenvalue weighted by Crippen LogP contribution is 2.38. The Labute approximate surface area is 124 Å². The maximum absolute atomic E-state index is 12.4. The van der Waals surface area contributed by atoms with E-state index in [0.29, 0.717) is 39.0 Å². The van der Waals surface area contributed by atoms with Crippen molar-refractivity contribution in [3.05, 3.63) is 29.8 Å². The summed E-state index contributed by atoms with van der Waals surface area (Å²) in [6.45, 7) is 3.61. The fourth-order valence-corrected chi connectivity index (χ4v) is 2.87.